The van der Waals surface area contributed by atoms with Crippen LogP contribution >= 0.6 is 0 Å². The fourth-order valence-corrected chi connectivity index (χ4v) is 1.12. The molecule has 4 nitrogen and oxygen atoms in total. The Morgan fingerprint density at radius 1 is 0.867 bits per heavy atom. The van der Waals surface area contributed by atoms with Crippen LogP contribution in [0.4, 0.5) is 0 Å². The number of rotatable bonds is 4. The largest absolute Gasteiger partial charge is 2.00 e. The Labute approximate surface area is 99.2 Å². The van der Waals surface area contributed by atoms with Crippen LogP contribution in [0.3, 0.4) is 0 Å². The molecule has 0 unspecified atom stereocenters. The van der Waals surface area contributed by atoms with Crippen LogP contribution in [0.1, 0.15) is 38.5 Å². The molecular formula is C10H14CoO4. The van der Waals surface area contributed by atoms with Crippen LogP contribution in [0, 0.1) is 11.8 Å². The van der Waals surface area contributed by atoms with Gasteiger partial charge in [-0.2, -0.15) is 0 Å². The fraction of sp³-hybridized carbons (Fsp3) is 0.800. The Balaban J connectivity index is 0.000000245. The van der Waals surface area contributed by atoms with Gasteiger partial charge < -0.3 is 19.8 Å². The Kier molecular flexibility index (Phi) is 6.59. The molecule has 5 heteroatoms. The molecule has 0 bridgehead atoms. The van der Waals surface area contributed by atoms with Crippen molar-refractivity contribution in [3.05, 3.63) is 0 Å². The number of aliphatic carboxylic acids is 2. The van der Waals surface area contributed by atoms with E-state index in [1.165, 1.54) is 0 Å². The standard InChI is InChI=1S/2C5H8O2.Co/c2*6-5(7)3-4-1-2-4;/h2*4H,1-3H2,(H,6,7);/q;;+2/p-2. The number of hydrogen-bond acceptors (Lipinski definition) is 4. The molecule has 15 heavy (non-hydrogen) atoms. The number of carbonyl (C=O) groups excluding carboxylic acids is 2. The van der Waals surface area contributed by atoms with Crippen LogP contribution in [-0.4, -0.2) is 11.9 Å². The molecule has 2 aliphatic carbocycles. The summed E-state index contributed by atoms with van der Waals surface area (Å²) >= 11 is 0. The molecule has 0 aromatic rings. The minimum Gasteiger partial charge on any atom is -0.550 e. The molecule has 0 spiro atoms. The number of carbonyl (C=O) groups is 2. The second-order valence-electron chi connectivity index (χ2n) is 4.04. The minimum atomic E-state index is -0.900. The SMILES string of the molecule is O=C([O-])CC1CC1.O=C([O-])CC1CC1.[Co+2]. The van der Waals surface area contributed by atoms with Gasteiger partial charge >= 0.3 is 16.8 Å². The van der Waals surface area contributed by atoms with Crippen molar-refractivity contribution < 1.29 is 36.6 Å². The number of hydrogen-bond donors (Lipinski definition) is 0. The topological polar surface area (TPSA) is 80.3 Å². The summed E-state index contributed by atoms with van der Waals surface area (Å²) in [5, 5.41) is 19.5. The first-order valence-corrected chi connectivity index (χ1v) is 4.97. The number of carboxylic acids is 2. The van der Waals surface area contributed by atoms with Gasteiger partial charge in [0.05, 0.1) is 0 Å². The van der Waals surface area contributed by atoms with Crippen molar-refractivity contribution in [3.63, 3.8) is 0 Å². The Hall–Kier alpha value is -0.554. The quantitative estimate of drug-likeness (QED) is 0.651. The molecular weight excluding hydrogens is 243 g/mol. The van der Waals surface area contributed by atoms with Gasteiger partial charge in [0.15, 0.2) is 0 Å². The van der Waals surface area contributed by atoms with Crippen LogP contribution in [0.15, 0.2) is 0 Å². The van der Waals surface area contributed by atoms with E-state index < -0.39 is 11.9 Å². The van der Waals surface area contributed by atoms with Crippen molar-refractivity contribution in [2.24, 2.45) is 11.8 Å². The van der Waals surface area contributed by atoms with Crippen molar-refractivity contribution in [1.29, 1.82) is 0 Å². The van der Waals surface area contributed by atoms with Gasteiger partial charge in [-0.15, -0.1) is 0 Å². The molecule has 1 radical (unpaired) electrons. The Bertz CT molecular complexity index is 197. The normalized spacial score (nSPS) is 18.1. The maximum Gasteiger partial charge on any atom is 2.00 e. The Morgan fingerprint density at radius 3 is 1.20 bits per heavy atom. The summed E-state index contributed by atoms with van der Waals surface area (Å²) in [6, 6.07) is 0. The van der Waals surface area contributed by atoms with Crippen LogP contribution in [0.5, 0.6) is 0 Å². The molecule has 2 rings (SSSR count). The molecule has 0 amide bonds. The molecule has 87 valence electrons. The summed E-state index contributed by atoms with van der Waals surface area (Å²) in [6.45, 7) is 0. The third kappa shape index (κ3) is 9.74. The summed E-state index contributed by atoms with van der Waals surface area (Å²) < 4.78 is 0. The monoisotopic (exact) mass is 257 g/mol. The molecule has 2 aliphatic rings. The Morgan fingerprint density at radius 2 is 1.13 bits per heavy atom. The third-order valence-electron chi connectivity index (χ3n) is 2.30. The van der Waals surface area contributed by atoms with Gasteiger partial charge in [-0.3, -0.25) is 0 Å². The predicted molar refractivity (Wildman–Crippen MR) is 44.7 cm³/mol. The molecule has 0 aromatic heterocycles. The zero-order valence-electron chi connectivity index (χ0n) is 8.36. The molecule has 0 aromatic carbocycles. The van der Waals surface area contributed by atoms with Crippen LogP contribution in [0.2, 0.25) is 0 Å². The van der Waals surface area contributed by atoms with E-state index in [9.17, 15) is 19.8 Å². The van der Waals surface area contributed by atoms with Gasteiger partial charge in [-0.1, -0.05) is 0 Å². The molecule has 0 atom stereocenters. The zero-order valence-corrected chi connectivity index (χ0v) is 9.40. The van der Waals surface area contributed by atoms with E-state index in [2.05, 4.69) is 0 Å². The van der Waals surface area contributed by atoms with Gasteiger partial charge in [-0.05, 0) is 50.4 Å². The molecule has 0 heterocycles. The first-order chi connectivity index (χ1) is 6.58. The van der Waals surface area contributed by atoms with Gasteiger partial charge in [0.1, 0.15) is 0 Å². The van der Waals surface area contributed by atoms with Gasteiger partial charge in [0.25, 0.3) is 0 Å². The van der Waals surface area contributed by atoms with Crippen LogP contribution in [-0.2, 0) is 26.4 Å². The second-order valence-corrected chi connectivity index (χ2v) is 4.04. The van der Waals surface area contributed by atoms with Crippen LogP contribution in [0.25, 0.3) is 0 Å². The number of carboxylic acid groups (broad SMARTS) is 2. The van der Waals surface area contributed by atoms with E-state index in [1.807, 2.05) is 0 Å². The smallest absolute Gasteiger partial charge is 0.550 e. The van der Waals surface area contributed by atoms with E-state index in [0.29, 0.717) is 11.8 Å². The van der Waals surface area contributed by atoms with E-state index in [4.69, 9.17) is 0 Å². The predicted octanol–water partition coefficient (Wildman–Crippen LogP) is -0.930. The van der Waals surface area contributed by atoms with Gasteiger partial charge in [0, 0.05) is 11.9 Å². The average molecular weight is 257 g/mol. The van der Waals surface area contributed by atoms with Crippen molar-refractivity contribution >= 4 is 11.9 Å². The molecule has 2 saturated carbocycles. The second kappa shape index (κ2) is 6.84. The molecule has 0 saturated heterocycles. The molecule has 0 N–H and O–H groups in total. The fourth-order valence-electron chi connectivity index (χ4n) is 1.12. The maximum absolute atomic E-state index is 9.74. The van der Waals surface area contributed by atoms with E-state index in [-0.39, 0.29) is 29.6 Å². The van der Waals surface area contributed by atoms with Crippen molar-refractivity contribution in [1.82, 2.24) is 0 Å². The summed E-state index contributed by atoms with van der Waals surface area (Å²) in [6.07, 6.45) is 4.92. The van der Waals surface area contributed by atoms with E-state index in [1.54, 1.807) is 0 Å². The third-order valence-corrected chi connectivity index (χ3v) is 2.30. The summed E-state index contributed by atoms with van der Waals surface area (Å²) in [5.41, 5.74) is 0. The molecule has 0 aliphatic heterocycles. The van der Waals surface area contributed by atoms with Gasteiger partial charge in [-0.25, -0.2) is 0 Å². The zero-order chi connectivity index (χ0) is 10.6. The van der Waals surface area contributed by atoms with Crippen molar-refractivity contribution in [3.8, 4) is 0 Å². The van der Waals surface area contributed by atoms with E-state index >= 15 is 0 Å². The van der Waals surface area contributed by atoms with Crippen molar-refractivity contribution in [2.45, 2.75) is 38.5 Å². The van der Waals surface area contributed by atoms with Crippen molar-refractivity contribution in [2.75, 3.05) is 0 Å². The average Bonchev–Trinajstić information content (AvgIpc) is 2.82. The van der Waals surface area contributed by atoms with Crippen LogP contribution < -0.4 is 10.2 Å². The summed E-state index contributed by atoms with van der Waals surface area (Å²) in [7, 11) is 0. The van der Waals surface area contributed by atoms with E-state index in [0.717, 1.165) is 25.7 Å². The summed E-state index contributed by atoms with van der Waals surface area (Å²) in [4.78, 5) is 19.5. The summed E-state index contributed by atoms with van der Waals surface area (Å²) in [5.74, 6) is -0.875. The minimum absolute atomic E-state index is 0. The van der Waals surface area contributed by atoms with Gasteiger partial charge in [0.2, 0.25) is 0 Å². The maximum atomic E-state index is 9.74. The first kappa shape index (κ1) is 14.4. The first-order valence-electron chi connectivity index (χ1n) is 4.97. The molecule has 2 fully saturated rings.